The van der Waals surface area contributed by atoms with Gasteiger partial charge in [0.15, 0.2) is 0 Å². The molecule has 3 aromatic rings. The smallest absolute Gasteiger partial charge is 0.129 e. The Morgan fingerprint density at radius 1 is 1.11 bits per heavy atom. The zero-order valence-electron chi connectivity index (χ0n) is 10.3. The van der Waals surface area contributed by atoms with E-state index in [-0.39, 0.29) is 12.5 Å². The molecule has 0 saturated carbocycles. The fourth-order valence-corrected chi connectivity index (χ4v) is 2.31. The highest BCUT2D eigenvalue weighted by Crippen LogP contribution is 2.32. The third kappa shape index (κ3) is 2.27. The molecule has 1 atom stereocenters. The first-order chi connectivity index (χ1) is 9.29. The molecule has 1 aromatic heterocycles. The summed E-state index contributed by atoms with van der Waals surface area (Å²) in [6, 6.07) is 13.9. The quantitative estimate of drug-likeness (QED) is 0.718. The predicted molar refractivity (Wildman–Crippen MR) is 78.0 cm³/mol. The highest BCUT2D eigenvalue weighted by molar-refractivity contribution is 6.18. The van der Waals surface area contributed by atoms with Crippen LogP contribution in [0.5, 0.6) is 5.75 Å². The van der Waals surface area contributed by atoms with Crippen molar-refractivity contribution < 1.29 is 9.84 Å². The molecule has 0 saturated heterocycles. The standard InChI is InChI=1S/C15H14ClNO2/c16-8-10(18)9-19-14-7-3-6-13-15(14)11-4-1-2-5-12(11)17-13/h1-7,10,17-18H,8-9H2. The summed E-state index contributed by atoms with van der Waals surface area (Å²) in [5.41, 5.74) is 2.10. The zero-order valence-corrected chi connectivity index (χ0v) is 11.0. The third-order valence-corrected chi connectivity index (χ3v) is 3.46. The summed E-state index contributed by atoms with van der Waals surface area (Å²) in [5.74, 6) is 0.934. The minimum absolute atomic E-state index is 0.170. The number of halogens is 1. The Balaban J connectivity index is 2.08. The predicted octanol–water partition coefficient (Wildman–Crippen LogP) is 3.30. The second kappa shape index (κ2) is 5.11. The summed E-state index contributed by atoms with van der Waals surface area (Å²) in [5, 5.41) is 11.7. The van der Waals surface area contributed by atoms with Crippen molar-refractivity contribution in [3.05, 3.63) is 42.5 Å². The van der Waals surface area contributed by atoms with Crippen molar-refractivity contribution in [2.75, 3.05) is 12.5 Å². The number of aliphatic hydroxyl groups is 1. The number of nitrogens with one attached hydrogen (secondary N) is 1. The van der Waals surface area contributed by atoms with Crippen LogP contribution in [0.25, 0.3) is 21.8 Å². The van der Waals surface area contributed by atoms with Gasteiger partial charge in [-0.2, -0.15) is 0 Å². The second-order valence-electron chi connectivity index (χ2n) is 4.47. The molecule has 1 heterocycles. The Kier molecular flexibility index (Phi) is 3.32. The van der Waals surface area contributed by atoms with Gasteiger partial charge in [-0.15, -0.1) is 11.6 Å². The van der Waals surface area contributed by atoms with E-state index in [2.05, 4.69) is 11.1 Å². The number of ether oxygens (including phenoxy) is 1. The molecule has 0 aliphatic heterocycles. The van der Waals surface area contributed by atoms with Gasteiger partial charge < -0.3 is 14.8 Å². The molecule has 98 valence electrons. The van der Waals surface area contributed by atoms with Gasteiger partial charge in [0.05, 0.1) is 11.4 Å². The first-order valence-corrected chi connectivity index (χ1v) is 6.69. The normalized spacial score (nSPS) is 12.9. The summed E-state index contributed by atoms with van der Waals surface area (Å²) < 4.78 is 5.68. The van der Waals surface area contributed by atoms with Crippen LogP contribution in [0.1, 0.15) is 0 Å². The molecule has 19 heavy (non-hydrogen) atoms. The van der Waals surface area contributed by atoms with Crippen LogP contribution in [-0.2, 0) is 0 Å². The molecule has 0 aliphatic rings. The lowest BCUT2D eigenvalue weighted by molar-refractivity contribution is 0.126. The Hall–Kier alpha value is -1.71. The maximum atomic E-state index is 9.49. The van der Waals surface area contributed by atoms with Gasteiger partial charge in [0.2, 0.25) is 0 Å². The fraction of sp³-hybridized carbons (Fsp3) is 0.200. The molecular formula is C15H14ClNO2. The fourth-order valence-electron chi connectivity index (χ4n) is 2.22. The number of hydrogen-bond acceptors (Lipinski definition) is 2. The van der Waals surface area contributed by atoms with E-state index < -0.39 is 6.10 Å². The second-order valence-corrected chi connectivity index (χ2v) is 4.78. The van der Waals surface area contributed by atoms with Gasteiger partial charge in [0.25, 0.3) is 0 Å². The molecule has 4 heteroatoms. The molecular weight excluding hydrogens is 262 g/mol. The summed E-state index contributed by atoms with van der Waals surface area (Å²) in [4.78, 5) is 3.35. The van der Waals surface area contributed by atoms with Gasteiger partial charge in [0.1, 0.15) is 18.5 Å². The Labute approximate surface area is 115 Å². The van der Waals surface area contributed by atoms with Crippen LogP contribution in [-0.4, -0.2) is 28.7 Å². The van der Waals surface area contributed by atoms with Crippen LogP contribution < -0.4 is 4.74 Å². The summed E-state index contributed by atoms with van der Waals surface area (Å²) in [6.45, 7) is 0.197. The molecule has 2 aromatic carbocycles. The minimum Gasteiger partial charge on any atom is -0.490 e. The topological polar surface area (TPSA) is 45.2 Å². The summed E-state index contributed by atoms with van der Waals surface area (Å²) in [6.07, 6.45) is -0.651. The molecule has 1 unspecified atom stereocenters. The Morgan fingerprint density at radius 3 is 2.74 bits per heavy atom. The van der Waals surface area contributed by atoms with Gasteiger partial charge >= 0.3 is 0 Å². The molecule has 0 radical (unpaired) electrons. The van der Waals surface area contributed by atoms with Crippen LogP contribution in [0.2, 0.25) is 0 Å². The van der Waals surface area contributed by atoms with Crippen LogP contribution in [0.15, 0.2) is 42.5 Å². The van der Waals surface area contributed by atoms with E-state index in [4.69, 9.17) is 16.3 Å². The van der Waals surface area contributed by atoms with Crippen molar-refractivity contribution in [1.82, 2.24) is 4.98 Å². The number of para-hydroxylation sites is 1. The van der Waals surface area contributed by atoms with Gasteiger partial charge in [-0.3, -0.25) is 0 Å². The highest BCUT2D eigenvalue weighted by atomic mass is 35.5. The maximum absolute atomic E-state index is 9.49. The van der Waals surface area contributed by atoms with E-state index in [0.717, 1.165) is 27.6 Å². The van der Waals surface area contributed by atoms with Crippen LogP contribution in [0.4, 0.5) is 0 Å². The summed E-state index contributed by atoms with van der Waals surface area (Å²) in [7, 11) is 0. The molecule has 3 nitrogen and oxygen atoms in total. The van der Waals surface area contributed by atoms with Crippen LogP contribution in [0, 0.1) is 0 Å². The van der Waals surface area contributed by atoms with Crippen molar-refractivity contribution in [2.24, 2.45) is 0 Å². The van der Waals surface area contributed by atoms with Crippen molar-refractivity contribution in [3.63, 3.8) is 0 Å². The molecule has 2 N–H and O–H groups in total. The number of aliphatic hydroxyl groups excluding tert-OH is 1. The molecule has 0 spiro atoms. The average molecular weight is 276 g/mol. The lowest BCUT2D eigenvalue weighted by Gasteiger charge is -2.10. The maximum Gasteiger partial charge on any atom is 0.129 e. The van der Waals surface area contributed by atoms with E-state index >= 15 is 0 Å². The van der Waals surface area contributed by atoms with Crippen molar-refractivity contribution in [3.8, 4) is 5.75 Å². The van der Waals surface area contributed by atoms with Gasteiger partial charge in [0, 0.05) is 16.3 Å². The van der Waals surface area contributed by atoms with Gasteiger partial charge in [-0.1, -0.05) is 24.3 Å². The van der Waals surface area contributed by atoms with Crippen molar-refractivity contribution in [2.45, 2.75) is 6.10 Å². The summed E-state index contributed by atoms with van der Waals surface area (Å²) >= 11 is 5.57. The van der Waals surface area contributed by atoms with E-state index in [1.807, 2.05) is 36.4 Å². The number of alkyl halides is 1. The van der Waals surface area contributed by atoms with Gasteiger partial charge in [-0.05, 0) is 18.2 Å². The lowest BCUT2D eigenvalue weighted by Crippen LogP contribution is -2.18. The zero-order chi connectivity index (χ0) is 13.2. The molecule has 0 aliphatic carbocycles. The third-order valence-electron chi connectivity index (χ3n) is 3.10. The van der Waals surface area contributed by atoms with Crippen LogP contribution >= 0.6 is 11.6 Å². The van der Waals surface area contributed by atoms with Gasteiger partial charge in [-0.25, -0.2) is 0 Å². The van der Waals surface area contributed by atoms with E-state index in [1.165, 1.54) is 0 Å². The largest absolute Gasteiger partial charge is 0.490 e. The van der Waals surface area contributed by atoms with E-state index in [1.54, 1.807) is 0 Å². The number of hydrogen-bond donors (Lipinski definition) is 2. The highest BCUT2D eigenvalue weighted by Gasteiger charge is 2.10. The number of rotatable bonds is 4. The molecule has 0 fully saturated rings. The minimum atomic E-state index is -0.651. The Bertz CT molecular complexity index is 708. The number of fused-ring (bicyclic) bond motifs is 3. The number of aromatic amines is 1. The number of aromatic nitrogens is 1. The molecule has 3 rings (SSSR count). The van der Waals surface area contributed by atoms with Crippen LogP contribution in [0.3, 0.4) is 0 Å². The van der Waals surface area contributed by atoms with E-state index in [0.29, 0.717) is 0 Å². The average Bonchev–Trinajstić information content (AvgIpc) is 2.83. The molecule has 0 bridgehead atoms. The number of benzene rings is 2. The number of H-pyrrole nitrogens is 1. The monoisotopic (exact) mass is 275 g/mol. The lowest BCUT2D eigenvalue weighted by atomic mass is 10.1. The van der Waals surface area contributed by atoms with Crippen molar-refractivity contribution in [1.29, 1.82) is 0 Å². The molecule has 0 amide bonds. The Morgan fingerprint density at radius 2 is 1.89 bits per heavy atom. The SMILES string of the molecule is OC(CCl)COc1cccc2[nH]c3ccccc3c12. The van der Waals surface area contributed by atoms with E-state index in [9.17, 15) is 5.11 Å². The first-order valence-electron chi connectivity index (χ1n) is 6.16. The first kappa shape index (κ1) is 12.3. The van der Waals surface area contributed by atoms with Crippen molar-refractivity contribution >= 4 is 33.4 Å².